The van der Waals surface area contributed by atoms with E-state index in [9.17, 15) is 8.42 Å². The maximum Gasteiger partial charge on any atom is 0.203 e. The van der Waals surface area contributed by atoms with Gasteiger partial charge in [-0.25, -0.2) is 8.42 Å². The normalized spacial score (nSPS) is 12.8. The van der Waals surface area contributed by atoms with Crippen molar-refractivity contribution in [1.82, 2.24) is 0 Å². The second-order valence-electron chi connectivity index (χ2n) is 2.60. The number of sulfone groups is 1. The Labute approximate surface area is 91.1 Å². The summed E-state index contributed by atoms with van der Waals surface area (Å²) >= 11 is 2.96. The lowest BCUT2D eigenvalue weighted by Crippen LogP contribution is -1.98. The number of allylic oxidation sites excluding steroid dienone is 1. The van der Waals surface area contributed by atoms with Gasteiger partial charge in [-0.1, -0.05) is 34.1 Å². The molecule has 5 heteroatoms. The molecule has 0 aliphatic carbocycles. The fraction of sp³-hybridized carbons (Fsp3) is 0.111. The molecule has 76 valence electrons. The van der Waals surface area contributed by atoms with Gasteiger partial charge >= 0.3 is 0 Å². The van der Waals surface area contributed by atoms with Crippen molar-refractivity contribution in [2.75, 3.05) is 5.33 Å². The summed E-state index contributed by atoms with van der Waals surface area (Å²) < 4.78 is 23.1. The van der Waals surface area contributed by atoms with Crippen molar-refractivity contribution in [3.8, 4) is 0 Å². The first kappa shape index (κ1) is 11.3. The van der Waals surface area contributed by atoms with Gasteiger partial charge < -0.3 is 5.11 Å². The summed E-state index contributed by atoms with van der Waals surface area (Å²) in [4.78, 5) is 0.174. The number of benzene rings is 1. The third kappa shape index (κ3) is 2.85. The van der Waals surface area contributed by atoms with E-state index in [1.165, 1.54) is 12.1 Å². The largest absolute Gasteiger partial charge is 0.511 e. The van der Waals surface area contributed by atoms with E-state index in [2.05, 4.69) is 15.9 Å². The third-order valence-corrected chi connectivity index (χ3v) is 3.59. The molecule has 0 atom stereocenters. The molecular weight excluding hydrogens is 268 g/mol. The highest BCUT2D eigenvalue weighted by Gasteiger charge is 2.11. The maximum absolute atomic E-state index is 11.5. The zero-order valence-electron chi connectivity index (χ0n) is 7.22. The zero-order valence-corrected chi connectivity index (χ0v) is 9.62. The molecule has 0 aliphatic rings. The Balaban J connectivity index is 3.11. The summed E-state index contributed by atoms with van der Waals surface area (Å²) in [6, 6.07) is 7.95. The zero-order chi connectivity index (χ0) is 10.6. The SMILES string of the molecule is O=S(=O)(C=C(O)CBr)c1ccccc1. The summed E-state index contributed by atoms with van der Waals surface area (Å²) in [7, 11) is -3.51. The minimum Gasteiger partial charge on any atom is -0.511 e. The average molecular weight is 277 g/mol. The number of aliphatic hydroxyl groups is 1. The highest BCUT2D eigenvalue weighted by Crippen LogP contribution is 2.13. The number of alkyl halides is 1. The van der Waals surface area contributed by atoms with Gasteiger partial charge in [0.15, 0.2) is 0 Å². The predicted molar refractivity (Wildman–Crippen MR) is 58.1 cm³/mol. The first-order valence-corrected chi connectivity index (χ1v) is 6.48. The van der Waals surface area contributed by atoms with Gasteiger partial charge in [0.2, 0.25) is 9.84 Å². The van der Waals surface area contributed by atoms with Crippen molar-refractivity contribution < 1.29 is 13.5 Å². The Morgan fingerprint density at radius 1 is 1.36 bits per heavy atom. The molecule has 0 radical (unpaired) electrons. The highest BCUT2D eigenvalue weighted by atomic mass is 79.9. The summed E-state index contributed by atoms with van der Waals surface area (Å²) in [6.45, 7) is 0. The molecule has 1 aromatic rings. The van der Waals surface area contributed by atoms with Crippen molar-refractivity contribution in [1.29, 1.82) is 0 Å². The second kappa shape index (κ2) is 4.61. The molecule has 1 N–H and O–H groups in total. The van der Waals surface area contributed by atoms with Crippen LogP contribution in [0.5, 0.6) is 0 Å². The van der Waals surface area contributed by atoms with Gasteiger partial charge in [0.1, 0.15) is 5.76 Å². The Hall–Kier alpha value is -0.810. The van der Waals surface area contributed by atoms with Crippen LogP contribution in [0, 0.1) is 0 Å². The Morgan fingerprint density at radius 3 is 2.43 bits per heavy atom. The molecule has 0 fully saturated rings. The summed E-state index contributed by atoms with van der Waals surface area (Å²) in [5.41, 5.74) is 0. The Morgan fingerprint density at radius 2 is 1.93 bits per heavy atom. The lowest BCUT2D eigenvalue weighted by Gasteiger charge is -1.98. The van der Waals surface area contributed by atoms with E-state index in [4.69, 9.17) is 5.11 Å². The molecule has 14 heavy (non-hydrogen) atoms. The lowest BCUT2D eigenvalue weighted by molar-refractivity contribution is 0.419. The molecule has 1 rings (SSSR count). The van der Waals surface area contributed by atoms with Crippen molar-refractivity contribution >= 4 is 25.8 Å². The van der Waals surface area contributed by atoms with Crippen molar-refractivity contribution in [3.63, 3.8) is 0 Å². The van der Waals surface area contributed by atoms with Crippen LogP contribution >= 0.6 is 15.9 Å². The lowest BCUT2D eigenvalue weighted by atomic mass is 10.4. The van der Waals surface area contributed by atoms with Crippen LogP contribution in [0.15, 0.2) is 46.4 Å². The van der Waals surface area contributed by atoms with Crippen LogP contribution in [-0.4, -0.2) is 18.9 Å². The van der Waals surface area contributed by atoms with Crippen LogP contribution < -0.4 is 0 Å². The number of hydrogen-bond donors (Lipinski definition) is 1. The van der Waals surface area contributed by atoms with Crippen LogP contribution in [0.1, 0.15) is 0 Å². The minimum absolute atomic E-state index is 0.124. The number of aliphatic hydroxyl groups excluding tert-OH is 1. The first-order valence-electron chi connectivity index (χ1n) is 3.82. The van der Waals surface area contributed by atoms with Gasteiger partial charge in [-0.05, 0) is 12.1 Å². The van der Waals surface area contributed by atoms with Gasteiger partial charge in [0.25, 0.3) is 0 Å². The van der Waals surface area contributed by atoms with Gasteiger partial charge in [-0.3, -0.25) is 0 Å². The van der Waals surface area contributed by atoms with E-state index in [1.807, 2.05) is 0 Å². The van der Waals surface area contributed by atoms with Crippen LogP contribution in [0.3, 0.4) is 0 Å². The number of hydrogen-bond acceptors (Lipinski definition) is 3. The van der Waals surface area contributed by atoms with E-state index < -0.39 is 9.84 Å². The quantitative estimate of drug-likeness (QED) is 0.681. The van der Waals surface area contributed by atoms with E-state index in [1.54, 1.807) is 18.2 Å². The summed E-state index contributed by atoms with van der Waals surface area (Å²) in [5, 5.41) is 10.1. The summed E-state index contributed by atoms with van der Waals surface area (Å²) in [6.07, 6.45) is 0. The highest BCUT2D eigenvalue weighted by molar-refractivity contribution is 9.09. The van der Waals surface area contributed by atoms with Gasteiger partial charge in [-0.2, -0.15) is 0 Å². The van der Waals surface area contributed by atoms with Crippen LogP contribution in [0.25, 0.3) is 0 Å². The molecule has 0 heterocycles. The van der Waals surface area contributed by atoms with E-state index >= 15 is 0 Å². The van der Waals surface area contributed by atoms with Crippen molar-refractivity contribution in [3.05, 3.63) is 41.5 Å². The molecular formula is C9H9BrO3S. The number of halogens is 1. The minimum atomic E-state index is -3.51. The van der Waals surface area contributed by atoms with Gasteiger partial charge in [0, 0.05) is 0 Å². The maximum atomic E-state index is 11.5. The fourth-order valence-corrected chi connectivity index (χ4v) is 2.38. The molecule has 0 aromatic heterocycles. The molecule has 0 unspecified atom stereocenters. The second-order valence-corrected chi connectivity index (χ2v) is 4.96. The molecule has 3 nitrogen and oxygen atoms in total. The standard InChI is InChI=1S/C9H9BrO3S/c10-6-8(11)7-14(12,13)9-4-2-1-3-5-9/h1-5,7,11H,6H2. The molecule has 0 bridgehead atoms. The average Bonchev–Trinajstić information content (AvgIpc) is 2.18. The van der Waals surface area contributed by atoms with Crippen LogP contribution in [-0.2, 0) is 9.84 Å². The van der Waals surface area contributed by atoms with E-state index in [-0.39, 0.29) is 16.0 Å². The Bertz CT molecular complexity index is 423. The molecule has 0 saturated heterocycles. The van der Waals surface area contributed by atoms with Gasteiger partial charge in [0.05, 0.1) is 15.6 Å². The molecule has 1 aromatic carbocycles. The predicted octanol–water partition coefficient (Wildman–Crippen LogP) is 2.25. The molecule has 0 spiro atoms. The Kier molecular flexibility index (Phi) is 3.71. The fourth-order valence-electron chi connectivity index (χ4n) is 0.889. The summed E-state index contributed by atoms with van der Waals surface area (Å²) in [5.74, 6) is -0.214. The van der Waals surface area contributed by atoms with Crippen LogP contribution in [0.2, 0.25) is 0 Å². The number of rotatable bonds is 3. The first-order chi connectivity index (χ1) is 6.56. The van der Waals surface area contributed by atoms with Gasteiger partial charge in [-0.15, -0.1) is 0 Å². The van der Waals surface area contributed by atoms with E-state index in [0.29, 0.717) is 0 Å². The van der Waals surface area contributed by atoms with E-state index in [0.717, 1.165) is 5.41 Å². The monoisotopic (exact) mass is 276 g/mol. The third-order valence-electron chi connectivity index (χ3n) is 1.50. The topological polar surface area (TPSA) is 54.4 Å². The smallest absolute Gasteiger partial charge is 0.203 e. The molecule has 0 saturated carbocycles. The molecule has 0 amide bonds. The van der Waals surface area contributed by atoms with Crippen LogP contribution in [0.4, 0.5) is 0 Å². The van der Waals surface area contributed by atoms with Crippen molar-refractivity contribution in [2.45, 2.75) is 4.90 Å². The van der Waals surface area contributed by atoms with Crippen molar-refractivity contribution in [2.24, 2.45) is 0 Å². The molecule has 0 aliphatic heterocycles.